The number of aliphatic hydroxyl groups excluding tert-OH is 1. The van der Waals surface area contributed by atoms with E-state index >= 15 is 0 Å². The van der Waals surface area contributed by atoms with Crippen molar-refractivity contribution in [1.82, 2.24) is 14.5 Å². The van der Waals surface area contributed by atoms with Crippen LogP contribution in [0.4, 0.5) is 0 Å². The van der Waals surface area contributed by atoms with Gasteiger partial charge in [0.2, 0.25) is 5.43 Å². The Morgan fingerprint density at radius 1 is 1.21 bits per heavy atom. The van der Waals surface area contributed by atoms with Crippen molar-refractivity contribution in [3.63, 3.8) is 0 Å². The fraction of sp³-hybridized carbons (Fsp3) is 0.190. The summed E-state index contributed by atoms with van der Waals surface area (Å²) in [5.41, 5.74) is 0.666. The molecule has 0 saturated carbocycles. The van der Waals surface area contributed by atoms with Crippen LogP contribution in [0.5, 0.6) is 0 Å². The number of carbonyl (C=O) groups is 1. The Kier molecular flexibility index (Phi) is 4.97. The molecule has 3 aromatic rings. The molecule has 0 aliphatic carbocycles. The lowest BCUT2D eigenvalue weighted by molar-refractivity contribution is 0.0949. The molecule has 2 aromatic heterocycles. The maximum atomic E-state index is 13.0. The van der Waals surface area contributed by atoms with Gasteiger partial charge in [0.05, 0.1) is 10.9 Å². The van der Waals surface area contributed by atoms with E-state index in [4.69, 9.17) is 16.7 Å². The van der Waals surface area contributed by atoms with E-state index in [0.29, 0.717) is 23.8 Å². The van der Waals surface area contributed by atoms with Crippen molar-refractivity contribution in [2.75, 3.05) is 6.61 Å². The fourth-order valence-electron chi connectivity index (χ4n) is 3.41. The van der Waals surface area contributed by atoms with Gasteiger partial charge in [-0.3, -0.25) is 19.0 Å². The van der Waals surface area contributed by atoms with Crippen molar-refractivity contribution >= 4 is 28.5 Å². The summed E-state index contributed by atoms with van der Waals surface area (Å²) in [5.74, 6) is 4.52. The molecule has 29 heavy (non-hydrogen) atoms. The zero-order valence-corrected chi connectivity index (χ0v) is 16.0. The van der Waals surface area contributed by atoms with Crippen LogP contribution in [0.1, 0.15) is 21.5 Å². The molecule has 7 nitrogen and oxygen atoms in total. The summed E-state index contributed by atoms with van der Waals surface area (Å²) in [5, 5.41) is 12.5. The number of rotatable bonds is 3. The van der Waals surface area contributed by atoms with Gasteiger partial charge in [-0.1, -0.05) is 35.6 Å². The van der Waals surface area contributed by atoms with Gasteiger partial charge in [-0.05, 0) is 23.8 Å². The molecular formula is C21H16ClN3O4. The number of amides is 1. The zero-order valence-electron chi connectivity index (χ0n) is 15.2. The van der Waals surface area contributed by atoms with Gasteiger partial charge < -0.3 is 15.0 Å². The molecule has 0 radical (unpaired) electrons. The molecule has 4 rings (SSSR count). The van der Waals surface area contributed by atoms with E-state index in [1.165, 1.54) is 16.8 Å². The maximum absolute atomic E-state index is 13.0. The number of aliphatic hydroxyl groups is 1. The smallest absolute Gasteiger partial charge is 0.267 e. The lowest BCUT2D eigenvalue weighted by Crippen LogP contribution is -2.30. The van der Waals surface area contributed by atoms with Gasteiger partial charge in [0, 0.05) is 30.9 Å². The molecule has 0 atom stereocenters. The van der Waals surface area contributed by atoms with Crippen molar-refractivity contribution in [2.24, 2.45) is 0 Å². The van der Waals surface area contributed by atoms with Crippen molar-refractivity contribution in [3.8, 4) is 11.8 Å². The number of pyridine rings is 2. The first-order valence-corrected chi connectivity index (χ1v) is 9.31. The number of halogens is 1. The summed E-state index contributed by atoms with van der Waals surface area (Å²) in [4.78, 5) is 38.2. The van der Waals surface area contributed by atoms with E-state index in [0.717, 1.165) is 5.56 Å². The Morgan fingerprint density at radius 2 is 1.97 bits per heavy atom. The Hall–Kier alpha value is -3.34. The fourth-order valence-corrected chi connectivity index (χ4v) is 3.53. The number of benzene rings is 1. The highest BCUT2D eigenvalue weighted by Gasteiger charge is 2.22. The molecule has 1 aliphatic rings. The summed E-state index contributed by atoms with van der Waals surface area (Å²) >= 11 is 5.86. The molecule has 0 spiro atoms. The first-order valence-electron chi connectivity index (χ1n) is 8.93. The second kappa shape index (κ2) is 7.59. The number of nitrogens with zero attached hydrogens (tertiary/aromatic N) is 2. The van der Waals surface area contributed by atoms with Crippen LogP contribution >= 0.6 is 11.6 Å². The Labute approximate surface area is 170 Å². The maximum Gasteiger partial charge on any atom is 0.267 e. The van der Waals surface area contributed by atoms with E-state index < -0.39 is 17.9 Å². The number of carbonyl (C=O) groups excluding carboxylic acids is 1. The lowest BCUT2D eigenvalue weighted by atomic mass is 10.1. The van der Waals surface area contributed by atoms with Crippen LogP contribution in [-0.4, -0.2) is 26.8 Å². The van der Waals surface area contributed by atoms with Gasteiger partial charge in [0.25, 0.3) is 11.5 Å². The standard InChI is InChI=1S/C21H16ClN3O4/c22-15-5-3-13(4-6-15)11-23-19(28)17-12-24-7-8-25-20(24)16(18(17)27)10-14(21(25)29)2-1-9-26/h3-6,10,12,26H,7-9,11H2,(H,23,28). The molecule has 0 unspecified atom stereocenters. The number of aromatic nitrogens is 2. The van der Waals surface area contributed by atoms with Crippen molar-refractivity contribution in [1.29, 1.82) is 0 Å². The minimum absolute atomic E-state index is 0.000343. The molecular weight excluding hydrogens is 394 g/mol. The third-order valence-electron chi connectivity index (χ3n) is 4.78. The third kappa shape index (κ3) is 3.44. The highest BCUT2D eigenvalue weighted by atomic mass is 35.5. The van der Waals surface area contributed by atoms with E-state index in [1.54, 1.807) is 28.8 Å². The van der Waals surface area contributed by atoms with Crippen LogP contribution in [0, 0.1) is 11.8 Å². The predicted octanol–water partition coefficient (Wildman–Crippen LogP) is 1.10. The second-order valence-corrected chi connectivity index (χ2v) is 7.02. The van der Waals surface area contributed by atoms with Crippen molar-refractivity contribution < 1.29 is 9.90 Å². The highest BCUT2D eigenvalue weighted by molar-refractivity contribution is 6.30. The van der Waals surface area contributed by atoms with Gasteiger partial charge in [-0.15, -0.1) is 0 Å². The van der Waals surface area contributed by atoms with E-state index in [2.05, 4.69) is 17.2 Å². The van der Waals surface area contributed by atoms with Gasteiger partial charge in [-0.2, -0.15) is 0 Å². The van der Waals surface area contributed by atoms with E-state index in [1.807, 2.05) is 0 Å². The molecule has 2 N–H and O–H groups in total. The van der Waals surface area contributed by atoms with Crippen LogP contribution in [0.3, 0.4) is 0 Å². The number of aryl methyl sites for hydroxylation is 2. The van der Waals surface area contributed by atoms with Gasteiger partial charge in [0.1, 0.15) is 17.8 Å². The minimum atomic E-state index is -0.497. The second-order valence-electron chi connectivity index (χ2n) is 6.59. The normalized spacial score (nSPS) is 11.9. The molecule has 0 saturated heterocycles. The van der Waals surface area contributed by atoms with Crippen LogP contribution < -0.4 is 16.3 Å². The highest BCUT2D eigenvalue weighted by Crippen LogP contribution is 2.17. The number of nitrogens with one attached hydrogen (secondary N) is 1. The van der Waals surface area contributed by atoms with Crippen LogP contribution in [0.2, 0.25) is 5.02 Å². The molecule has 3 heterocycles. The van der Waals surface area contributed by atoms with Gasteiger partial charge in [-0.25, -0.2) is 0 Å². The molecule has 1 amide bonds. The monoisotopic (exact) mass is 409 g/mol. The van der Waals surface area contributed by atoms with E-state index in [-0.39, 0.29) is 28.6 Å². The average Bonchev–Trinajstić information content (AvgIpc) is 3.15. The summed E-state index contributed by atoms with van der Waals surface area (Å²) in [6, 6.07) is 8.43. The topological polar surface area (TPSA) is 93.3 Å². The molecule has 0 fully saturated rings. The Bertz CT molecular complexity index is 1310. The number of hydrogen-bond donors (Lipinski definition) is 2. The molecule has 146 valence electrons. The lowest BCUT2D eigenvalue weighted by Gasteiger charge is -2.10. The van der Waals surface area contributed by atoms with Gasteiger partial charge in [0.15, 0.2) is 0 Å². The summed E-state index contributed by atoms with van der Waals surface area (Å²) in [6.07, 6.45) is 1.49. The first kappa shape index (κ1) is 19.0. The quantitative estimate of drug-likeness (QED) is 0.634. The summed E-state index contributed by atoms with van der Waals surface area (Å²) < 4.78 is 3.21. The molecule has 0 bridgehead atoms. The van der Waals surface area contributed by atoms with Crippen molar-refractivity contribution in [2.45, 2.75) is 19.6 Å². The summed E-state index contributed by atoms with van der Waals surface area (Å²) in [6.45, 7) is 0.717. The molecule has 1 aliphatic heterocycles. The van der Waals surface area contributed by atoms with Gasteiger partial charge >= 0.3 is 0 Å². The Balaban J connectivity index is 1.74. The van der Waals surface area contributed by atoms with Crippen LogP contribution in [0.25, 0.3) is 11.0 Å². The third-order valence-corrected chi connectivity index (χ3v) is 5.04. The van der Waals surface area contributed by atoms with E-state index in [9.17, 15) is 14.4 Å². The SMILES string of the molecule is O=C(NCc1ccc(Cl)cc1)c1cn2c3c(cc(C#CCO)c(=O)n3CC2)c1=O. The van der Waals surface area contributed by atoms with Crippen molar-refractivity contribution in [3.05, 3.63) is 78.8 Å². The zero-order chi connectivity index (χ0) is 20.5. The largest absolute Gasteiger partial charge is 0.384 e. The molecule has 1 aromatic carbocycles. The molecule has 8 heteroatoms. The average molecular weight is 410 g/mol. The van der Waals surface area contributed by atoms with Crippen LogP contribution in [-0.2, 0) is 19.6 Å². The predicted molar refractivity (Wildman–Crippen MR) is 109 cm³/mol. The number of hydrogen-bond acceptors (Lipinski definition) is 4. The summed E-state index contributed by atoms with van der Waals surface area (Å²) in [7, 11) is 0. The Morgan fingerprint density at radius 3 is 2.69 bits per heavy atom. The first-order chi connectivity index (χ1) is 14.0. The van der Waals surface area contributed by atoms with Crippen LogP contribution in [0.15, 0.2) is 46.1 Å². The minimum Gasteiger partial charge on any atom is -0.384 e.